The Labute approximate surface area is 148 Å². The fourth-order valence-corrected chi connectivity index (χ4v) is 4.63. The second-order valence-electron chi connectivity index (χ2n) is 8.39. The maximum Gasteiger partial charge on any atom is 0.310 e. The zero-order valence-electron chi connectivity index (χ0n) is 15.3. The number of ether oxygens (including phenoxy) is 1. The van der Waals surface area contributed by atoms with Gasteiger partial charge in [0.15, 0.2) is 0 Å². The summed E-state index contributed by atoms with van der Waals surface area (Å²) in [6, 6.07) is 6.36. The predicted molar refractivity (Wildman–Crippen MR) is 92.8 cm³/mol. The summed E-state index contributed by atoms with van der Waals surface area (Å²) < 4.78 is 19.1. The number of nitrogens with zero attached hydrogens (tertiary/aromatic N) is 1. The van der Waals surface area contributed by atoms with E-state index in [-0.39, 0.29) is 23.6 Å². The van der Waals surface area contributed by atoms with Gasteiger partial charge in [-0.3, -0.25) is 4.79 Å². The smallest absolute Gasteiger partial charge is 0.310 e. The van der Waals surface area contributed by atoms with Crippen LogP contribution < -0.4 is 0 Å². The lowest BCUT2D eigenvalue weighted by Gasteiger charge is -2.48. The quantitative estimate of drug-likeness (QED) is 0.810. The SMILES string of the molecule is CC(C)(C)OC(=O)C1CCCC2(CCCN2O)C1c1ccc(F)cc1. The van der Waals surface area contributed by atoms with Crippen molar-refractivity contribution in [2.24, 2.45) is 5.92 Å². The fraction of sp³-hybridized carbons (Fsp3) is 0.650. The molecule has 1 aliphatic carbocycles. The van der Waals surface area contributed by atoms with Crippen LogP contribution in [0.4, 0.5) is 4.39 Å². The first kappa shape index (κ1) is 18.3. The van der Waals surface area contributed by atoms with Crippen LogP contribution in [0.15, 0.2) is 24.3 Å². The number of rotatable bonds is 2. The van der Waals surface area contributed by atoms with Crippen molar-refractivity contribution >= 4 is 5.97 Å². The third-order valence-electron chi connectivity index (χ3n) is 5.54. The van der Waals surface area contributed by atoms with Gasteiger partial charge in [-0.05, 0) is 64.2 Å². The van der Waals surface area contributed by atoms with E-state index in [0.29, 0.717) is 6.54 Å². The summed E-state index contributed by atoms with van der Waals surface area (Å²) in [5.41, 5.74) is -0.112. The lowest BCUT2D eigenvalue weighted by Crippen LogP contribution is -2.53. The van der Waals surface area contributed by atoms with E-state index in [0.717, 1.165) is 37.7 Å². The molecule has 3 unspecified atom stereocenters. The van der Waals surface area contributed by atoms with E-state index in [9.17, 15) is 14.4 Å². The van der Waals surface area contributed by atoms with Gasteiger partial charge in [0, 0.05) is 12.5 Å². The van der Waals surface area contributed by atoms with Gasteiger partial charge in [0.2, 0.25) is 0 Å². The molecule has 0 radical (unpaired) electrons. The second-order valence-corrected chi connectivity index (χ2v) is 8.39. The molecular weight excluding hydrogens is 321 g/mol. The average Bonchev–Trinajstić information content (AvgIpc) is 2.88. The molecule has 3 rings (SSSR count). The second kappa shape index (κ2) is 6.69. The van der Waals surface area contributed by atoms with Gasteiger partial charge >= 0.3 is 5.97 Å². The molecule has 1 saturated carbocycles. The van der Waals surface area contributed by atoms with E-state index >= 15 is 0 Å². The van der Waals surface area contributed by atoms with E-state index in [4.69, 9.17) is 4.74 Å². The summed E-state index contributed by atoms with van der Waals surface area (Å²) in [6.07, 6.45) is 4.18. The molecule has 2 fully saturated rings. The lowest BCUT2D eigenvalue weighted by molar-refractivity contribution is -0.186. The Hall–Kier alpha value is -1.46. The van der Waals surface area contributed by atoms with Crippen molar-refractivity contribution in [3.8, 4) is 0 Å². The minimum atomic E-state index is -0.552. The zero-order valence-corrected chi connectivity index (χ0v) is 15.3. The third-order valence-corrected chi connectivity index (χ3v) is 5.54. The van der Waals surface area contributed by atoms with Gasteiger partial charge in [0.05, 0.1) is 11.5 Å². The van der Waals surface area contributed by atoms with Gasteiger partial charge < -0.3 is 9.94 Å². The van der Waals surface area contributed by atoms with Crippen molar-refractivity contribution in [2.45, 2.75) is 69.9 Å². The van der Waals surface area contributed by atoms with Gasteiger partial charge in [-0.25, -0.2) is 4.39 Å². The van der Waals surface area contributed by atoms with E-state index in [1.54, 1.807) is 12.1 Å². The summed E-state index contributed by atoms with van der Waals surface area (Å²) >= 11 is 0. The summed E-state index contributed by atoms with van der Waals surface area (Å²) in [5, 5.41) is 12.1. The van der Waals surface area contributed by atoms with Crippen LogP contribution in [-0.2, 0) is 9.53 Å². The van der Waals surface area contributed by atoms with Crippen molar-refractivity contribution in [3.05, 3.63) is 35.6 Å². The molecule has 0 amide bonds. The molecule has 2 aliphatic rings. The molecule has 1 aromatic rings. The normalized spacial score (nSPS) is 30.6. The van der Waals surface area contributed by atoms with Crippen molar-refractivity contribution in [1.29, 1.82) is 0 Å². The van der Waals surface area contributed by atoms with Crippen molar-refractivity contribution in [3.63, 3.8) is 0 Å². The molecule has 1 N–H and O–H groups in total. The van der Waals surface area contributed by atoms with Crippen LogP contribution in [0.25, 0.3) is 0 Å². The van der Waals surface area contributed by atoms with E-state index in [2.05, 4.69) is 0 Å². The minimum absolute atomic E-state index is 0.191. The van der Waals surface area contributed by atoms with E-state index in [1.165, 1.54) is 17.2 Å². The largest absolute Gasteiger partial charge is 0.460 e. The maximum absolute atomic E-state index is 13.4. The van der Waals surface area contributed by atoms with E-state index in [1.807, 2.05) is 20.8 Å². The Morgan fingerprint density at radius 3 is 2.44 bits per heavy atom. The van der Waals surface area contributed by atoms with Crippen molar-refractivity contribution < 1.29 is 19.1 Å². The monoisotopic (exact) mass is 349 g/mol. The highest BCUT2D eigenvalue weighted by molar-refractivity contribution is 5.75. The molecular formula is C20H28FNO3. The highest BCUT2D eigenvalue weighted by Gasteiger charge is 2.54. The molecule has 4 nitrogen and oxygen atoms in total. The molecule has 1 saturated heterocycles. The predicted octanol–water partition coefficient (Wildman–Crippen LogP) is 4.27. The number of carbonyl (C=O) groups is 1. The molecule has 138 valence electrons. The third kappa shape index (κ3) is 3.58. The summed E-state index contributed by atoms with van der Waals surface area (Å²) in [6.45, 7) is 6.21. The van der Waals surface area contributed by atoms with Crippen LogP contribution in [0.1, 0.15) is 64.4 Å². The summed E-state index contributed by atoms with van der Waals surface area (Å²) in [5.74, 6) is -1.04. The van der Waals surface area contributed by atoms with Crippen molar-refractivity contribution in [2.75, 3.05) is 6.54 Å². The highest BCUT2D eigenvalue weighted by Crippen LogP contribution is 2.52. The average molecular weight is 349 g/mol. The minimum Gasteiger partial charge on any atom is -0.460 e. The summed E-state index contributed by atoms with van der Waals surface area (Å²) in [4.78, 5) is 12.9. The zero-order chi connectivity index (χ0) is 18.2. The Kier molecular flexibility index (Phi) is 4.91. The van der Waals surface area contributed by atoms with Gasteiger partial charge in [0.1, 0.15) is 11.4 Å². The molecule has 0 aromatic heterocycles. The standard InChI is InChI=1S/C20H28FNO3/c1-19(2,3)25-18(23)16-6-4-11-20(12-5-13-22(20)24)17(16)14-7-9-15(21)10-8-14/h7-10,16-17,24H,4-6,11-13H2,1-3H3. The number of halogens is 1. The highest BCUT2D eigenvalue weighted by atomic mass is 19.1. The van der Waals surface area contributed by atoms with Crippen LogP contribution >= 0.6 is 0 Å². The maximum atomic E-state index is 13.4. The number of hydrogen-bond donors (Lipinski definition) is 1. The molecule has 1 aliphatic heterocycles. The lowest BCUT2D eigenvalue weighted by atomic mass is 9.63. The molecule has 0 bridgehead atoms. The number of carbonyl (C=O) groups excluding carboxylic acids is 1. The fourth-order valence-electron chi connectivity index (χ4n) is 4.63. The number of esters is 1. The molecule has 3 atom stereocenters. The topological polar surface area (TPSA) is 49.8 Å². The van der Waals surface area contributed by atoms with Crippen molar-refractivity contribution in [1.82, 2.24) is 5.06 Å². The number of hydrogen-bond acceptors (Lipinski definition) is 4. The Morgan fingerprint density at radius 2 is 1.88 bits per heavy atom. The van der Waals surface area contributed by atoms with E-state index < -0.39 is 11.1 Å². The molecule has 1 heterocycles. The Balaban J connectivity index is 2.00. The van der Waals surface area contributed by atoms with Crippen LogP contribution in [0.3, 0.4) is 0 Å². The van der Waals surface area contributed by atoms with Gasteiger partial charge in [-0.1, -0.05) is 18.6 Å². The van der Waals surface area contributed by atoms with Crippen LogP contribution in [0.2, 0.25) is 0 Å². The van der Waals surface area contributed by atoms with Crippen LogP contribution in [0, 0.1) is 11.7 Å². The first-order valence-electron chi connectivity index (χ1n) is 9.18. The molecule has 25 heavy (non-hydrogen) atoms. The first-order chi connectivity index (χ1) is 11.7. The van der Waals surface area contributed by atoms with Crippen LogP contribution in [0.5, 0.6) is 0 Å². The Bertz CT molecular complexity index is 625. The first-order valence-corrected chi connectivity index (χ1v) is 9.18. The number of hydroxylamine groups is 2. The molecule has 1 spiro atoms. The van der Waals surface area contributed by atoms with Gasteiger partial charge in [-0.15, -0.1) is 0 Å². The van der Waals surface area contributed by atoms with Gasteiger partial charge in [0.25, 0.3) is 0 Å². The number of benzene rings is 1. The summed E-state index contributed by atoms with van der Waals surface area (Å²) in [7, 11) is 0. The molecule has 1 aromatic carbocycles. The Morgan fingerprint density at radius 1 is 1.24 bits per heavy atom. The van der Waals surface area contributed by atoms with Crippen LogP contribution in [-0.4, -0.2) is 33.9 Å². The molecule has 5 heteroatoms. The van der Waals surface area contributed by atoms with Gasteiger partial charge in [-0.2, -0.15) is 5.06 Å².